The van der Waals surface area contributed by atoms with E-state index in [4.69, 9.17) is 32.7 Å². The van der Waals surface area contributed by atoms with Crippen LogP contribution in [0.15, 0.2) is 70.2 Å². The first-order valence-corrected chi connectivity index (χ1v) is 11.9. The van der Waals surface area contributed by atoms with E-state index in [1.54, 1.807) is 31.5 Å². The number of methoxy groups -OCH3 is 1. The highest BCUT2D eigenvalue weighted by Crippen LogP contribution is 2.32. The molecule has 3 aromatic carbocycles. The number of carbonyl (C=O) groups excluding carboxylic acids is 1. The number of hydrogen-bond donors (Lipinski definition) is 0. The van der Waals surface area contributed by atoms with E-state index in [1.807, 2.05) is 42.5 Å². The van der Waals surface area contributed by atoms with E-state index in [0.717, 1.165) is 20.3 Å². The molecule has 1 aromatic heterocycles. The first-order valence-electron chi connectivity index (χ1n) is 9.58. The number of benzene rings is 3. The summed E-state index contributed by atoms with van der Waals surface area (Å²) in [6, 6.07) is 17.8. The molecule has 0 atom stereocenters. The Balaban J connectivity index is 1.62. The third-order valence-corrected chi connectivity index (χ3v) is 6.49. The quantitative estimate of drug-likeness (QED) is 0.182. The van der Waals surface area contributed by atoms with Gasteiger partial charge in [0.2, 0.25) is 5.13 Å². The minimum absolute atomic E-state index is 0.293. The van der Waals surface area contributed by atoms with E-state index in [0.29, 0.717) is 26.7 Å². The Labute approximate surface area is 212 Å². The van der Waals surface area contributed by atoms with Gasteiger partial charge in [-0.3, -0.25) is 4.79 Å². The van der Waals surface area contributed by atoms with Gasteiger partial charge >= 0.3 is 0 Å². The number of nitrogens with zero attached hydrogens (tertiary/aromatic N) is 3. The number of hydrogen-bond acceptors (Lipinski definition) is 6. The number of fused-ring (bicyclic) bond motifs is 1. The monoisotopic (exact) mass is 563 g/mol. The highest BCUT2D eigenvalue weighted by molar-refractivity contribution is 9.10. The fourth-order valence-electron chi connectivity index (χ4n) is 2.80. The van der Waals surface area contributed by atoms with Crippen molar-refractivity contribution in [2.45, 2.75) is 0 Å². The third-order valence-electron chi connectivity index (χ3n) is 4.44. The van der Waals surface area contributed by atoms with Crippen LogP contribution in [0.3, 0.4) is 0 Å². The molecule has 0 unspecified atom stereocenters. The van der Waals surface area contributed by atoms with Gasteiger partial charge < -0.3 is 9.47 Å². The van der Waals surface area contributed by atoms with E-state index < -0.39 is 5.91 Å². The van der Waals surface area contributed by atoms with Crippen LogP contribution in [-0.2, 0) is 4.79 Å². The Morgan fingerprint density at radius 2 is 1.94 bits per heavy atom. The maximum atomic E-state index is 13.1. The van der Waals surface area contributed by atoms with Crippen molar-refractivity contribution in [3.63, 3.8) is 0 Å². The van der Waals surface area contributed by atoms with Gasteiger partial charge in [0.05, 0.1) is 28.6 Å². The number of anilines is 1. The molecule has 0 radical (unpaired) electrons. The molecule has 33 heavy (non-hydrogen) atoms. The fraction of sp³-hybridized carbons (Fsp3) is 0.0870. The van der Waals surface area contributed by atoms with Gasteiger partial charge in [-0.25, -0.2) is 4.98 Å². The number of ether oxygens (including phenoxy) is 2. The van der Waals surface area contributed by atoms with Gasteiger partial charge in [0.25, 0.3) is 5.91 Å². The van der Waals surface area contributed by atoms with E-state index in [2.05, 4.69) is 26.0 Å². The Kier molecular flexibility index (Phi) is 7.49. The summed E-state index contributed by atoms with van der Waals surface area (Å²) < 4.78 is 12.7. The van der Waals surface area contributed by atoms with Crippen molar-refractivity contribution in [1.82, 2.24) is 4.98 Å². The first kappa shape index (κ1) is 23.5. The molecule has 6 nitrogen and oxygen atoms in total. The predicted molar refractivity (Wildman–Crippen MR) is 137 cm³/mol. The molecule has 0 aliphatic carbocycles. The number of rotatable bonds is 7. The normalized spacial score (nSPS) is 11.2. The molecule has 0 fully saturated rings. The number of halogens is 3. The molecule has 0 N–H and O–H groups in total. The minimum Gasteiger partial charge on any atom is -0.497 e. The van der Waals surface area contributed by atoms with Gasteiger partial charge in [-0.1, -0.05) is 62.6 Å². The SMILES string of the molecule is COc1ccc2nc(N(/N=C/c3ccc(Br)cc3)C(=O)COc3ccc(Cl)cc3Cl)sc2c1. The van der Waals surface area contributed by atoms with E-state index >= 15 is 0 Å². The molecule has 1 amide bonds. The van der Waals surface area contributed by atoms with Gasteiger partial charge in [0, 0.05) is 9.50 Å². The summed E-state index contributed by atoms with van der Waals surface area (Å²) in [7, 11) is 1.60. The van der Waals surface area contributed by atoms with E-state index in [-0.39, 0.29) is 6.61 Å². The van der Waals surface area contributed by atoms with Crippen molar-refractivity contribution in [2.24, 2.45) is 5.10 Å². The Bertz CT molecular complexity index is 1330. The van der Waals surface area contributed by atoms with Gasteiger partial charge in [0.15, 0.2) is 6.61 Å². The van der Waals surface area contributed by atoms with Crippen LogP contribution in [0.1, 0.15) is 5.56 Å². The van der Waals surface area contributed by atoms with Crippen LogP contribution in [0.5, 0.6) is 11.5 Å². The number of amides is 1. The molecule has 168 valence electrons. The number of thiazole rings is 1. The third kappa shape index (κ3) is 5.83. The van der Waals surface area contributed by atoms with Crippen LogP contribution in [0.25, 0.3) is 10.2 Å². The lowest BCUT2D eigenvalue weighted by atomic mass is 10.2. The largest absolute Gasteiger partial charge is 0.497 e. The highest BCUT2D eigenvalue weighted by Gasteiger charge is 2.21. The molecule has 10 heteroatoms. The average Bonchev–Trinajstić information content (AvgIpc) is 3.22. The van der Waals surface area contributed by atoms with Crippen LogP contribution < -0.4 is 14.5 Å². The second kappa shape index (κ2) is 10.5. The molecule has 1 heterocycles. The van der Waals surface area contributed by atoms with Gasteiger partial charge in [-0.05, 0) is 54.1 Å². The molecule has 0 aliphatic rings. The number of hydrazone groups is 1. The number of aromatic nitrogens is 1. The number of carbonyl (C=O) groups is 1. The molecule has 4 rings (SSSR count). The predicted octanol–water partition coefficient (Wildman–Crippen LogP) is 6.82. The second-order valence-electron chi connectivity index (χ2n) is 6.70. The Morgan fingerprint density at radius 3 is 2.67 bits per heavy atom. The van der Waals surface area contributed by atoms with Crippen molar-refractivity contribution >= 4 is 77.9 Å². The van der Waals surface area contributed by atoms with Crippen molar-refractivity contribution < 1.29 is 14.3 Å². The highest BCUT2D eigenvalue weighted by atomic mass is 79.9. The molecular weight excluding hydrogens is 549 g/mol. The summed E-state index contributed by atoms with van der Waals surface area (Å²) >= 11 is 16.8. The van der Waals surface area contributed by atoms with E-state index in [9.17, 15) is 4.79 Å². The molecular formula is C23H16BrCl2N3O3S. The van der Waals surface area contributed by atoms with Gasteiger partial charge in [0.1, 0.15) is 11.5 Å². The molecule has 0 saturated carbocycles. The smallest absolute Gasteiger partial charge is 0.287 e. The first-order chi connectivity index (χ1) is 15.9. The van der Waals surface area contributed by atoms with Crippen molar-refractivity contribution in [2.75, 3.05) is 18.7 Å². The Morgan fingerprint density at radius 1 is 1.15 bits per heavy atom. The molecule has 0 spiro atoms. The van der Waals surface area contributed by atoms with Crippen molar-refractivity contribution in [3.05, 3.63) is 80.7 Å². The fourth-order valence-corrected chi connectivity index (χ4v) is 4.49. The van der Waals surface area contributed by atoms with Crippen LogP contribution >= 0.6 is 50.5 Å². The van der Waals surface area contributed by atoms with Gasteiger partial charge in [-0.2, -0.15) is 10.1 Å². The van der Waals surface area contributed by atoms with Crippen LogP contribution in [0.2, 0.25) is 10.0 Å². The van der Waals surface area contributed by atoms with Crippen LogP contribution in [-0.4, -0.2) is 30.8 Å². The Hall–Kier alpha value is -2.65. The molecule has 4 aromatic rings. The summed E-state index contributed by atoms with van der Waals surface area (Å²) in [4.78, 5) is 17.7. The van der Waals surface area contributed by atoms with Crippen molar-refractivity contribution in [1.29, 1.82) is 0 Å². The maximum absolute atomic E-state index is 13.1. The summed E-state index contributed by atoms with van der Waals surface area (Å²) in [5, 5.41) is 6.83. The molecule has 0 saturated heterocycles. The maximum Gasteiger partial charge on any atom is 0.287 e. The van der Waals surface area contributed by atoms with Crippen LogP contribution in [0, 0.1) is 0 Å². The summed E-state index contributed by atoms with van der Waals surface area (Å²) in [6.07, 6.45) is 1.59. The zero-order chi connectivity index (χ0) is 23.4. The zero-order valence-corrected chi connectivity index (χ0v) is 21.1. The van der Waals surface area contributed by atoms with Gasteiger partial charge in [-0.15, -0.1) is 0 Å². The van der Waals surface area contributed by atoms with Crippen molar-refractivity contribution in [3.8, 4) is 11.5 Å². The molecule has 0 aliphatic heterocycles. The van der Waals surface area contributed by atoms with E-state index in [1.165, 1.54) is 16.3 Å². The lowest BCUT2D eigenvalue weighted by Crippen LogP contribution is -2.30. The topological polar surface area (TPSA) is 64.0 Å². The lowest BCUT2D eigenvalue weighted by Gasteiger charge is -2.15. The zero-order valence-electron chi connectivity index (χ0n) is 17.2. The summed E-state index contributed by atoms with van der Waals surface area (Å²) in [5.41, 5.74) is 1.55. The summed E-state index contributed by atoms with van der Waals surface area (Å²) in [6.45, 7) is -0.293. The average molecular weight is 565 g/mol. The standard InChI is InChI=1S/C23H16BrCl2N3O3S/c1-31-17-7-8-19-21(11-17)33-23(28-19)29(27-12-14-2-4-15(24)5-3-14)22(30)13-32-20-9-6-16(25)10-18(20)26/h2-12H,13H2,1H3/b27-12+. The second-order valence-corrected chi connectivity index (χ2v) is 9.46. The summed E-state index contributed by atoms with van der Waals surface area (Å²) in [5.74, 6) is 0.635. The lowest BCUT2D eigenvalue weighted by molar-refractivity contribution is -0.120. The van der Waals surface area contributed by atoms with Crippen LogP contribution in [0.4, 0.5) is 5.13 Å². The molecule has 0 bridgehead atoms. The minimum atomic E-state index is -0.416.